The van der Waals surface area contributed by atoms with Gasteiger partial charge in [-0.15, -0.1) is 0 Å². The van der Waals surface area contributed by atoms with Crippen LogP contribution >= 0.6 is 0 Å². The first kappa shape index (κ1) is 16.2. The molecule has 1 atom stereocenters. The molecular formula is C17H30N2. The highest BCUT2D eigenvalue weighted by Gasteiger charge is 2.12. The molecule has 0 spiro atoms. The third kappa shape index (κ3) is 6.20. The second-order valence-corrected chi connectivity index (χ2v) is 5.34. The van der Waals surface area contributed by atoms with E-state index < -0.39 is 0 Å². The molecule has 1 rings (SSSR count). The number of unbranched alkanes of at least 4 members (excludes halogenated alkanes) is 5. The molecule has 0 fully saturated rings. The molecule has 1 heterocycles. The van der Waals surface area contributed by atoms with Crippen LogP contribution in [0.5, 0.6) is 0 Å². The number of nitrogens with zero attached hydrogens (tertiary/aromatic N) is 1. The van der Waals surface area contributed by atoms with Crippen molar-refractivity contribution in [1.82, 2.24) is 10.3 Å². The van der Waals surface area contributed by atoms with E-state index in [4.69, 9.17) is 0 Å². The van der Waals surface area contributed by atoms with Gasteiger partial charge in [0, 0.05) is 17.9 Å². The van der Waals surface area contributed by atoms with Crippen molar-refractivity contribution in [1.29, 1.82) is 0 Å². The Morgan fingerprint density at radius 3 is 2.53 bits per heavy atom. The predicted molar refractivity (Wildman–Crippen MR) is 83.4 cm³/mol. The third-order valence-corrected chi connectivity index (χ3v) is 3.72. The Balaban J connectivity index is 2.39. The first-order valence-corrected chi connectivity index (χ1v) is 7.94. The lowest BCUT2D eigenvalue weighted by atomic mass is 9.98. The summed E-state index contributed by atoms with van der Waals surface area (Å²) in [5.41, 5.74) is 2.54. The number of rotatable bonds is 10. The molecule has 0 aliphatic carbocycles. The van der Waals surface area contributed by atoms with Gasteiger partial charge in [-0.2, -0.15) is 0 Å². The lowest BCUT2D eigenvalue weighted by molar-refractivity contribution is 0.474. The Morgan fingerprint density at radius 1 is 1.11 bits per heavy atom. The summed E-state index contributed by atoms with van der Waals surface area (Å²) in [7, 11) is 0. The smallest absolute Gasteiger partial charge is 0.0420 e. The number of hydrogen-bond acceptors (Lipinski definition) is 2. The van der Waals surface area contributed by atoms with Crippen LogP contribution in [0.25, 0.3) is 0 Å². The van der Waals surface area contributed by atoms with Gasteiger partial charge < -0.3 is 5.32 Å². The van der Waals surface area contributed by atoms with E-state index in [1.165, 1.54) is 56.2 Å². The summed E-state index contributed by atoms with van der Waals surface area (Å²) < 4.78 is 0. The van der Waals surface area contributed by atoms with Gasteiger partial charge in [0.2, 0.25) is 0 Å². The third-order valence-electron chi connectivity index (χ3n) is 3.72. The maximum atomic E-state index is 4.41. The molecule has 0 aliphatic heterocycles. The Morgan fingerprint density at radius 2 is 1.84 bits per heavy atom. The molecule has 1 aromatic heterocycles. The molecule has 0 aliphatic rings. The Kier molecular flexibility index (Phi) is 8.48. The minimum absolute atomic E-state index is 0.477. The van der Waals surface area contributed by atoms with Crippen molar-refractivity contribution in [3.05, 3.63) is 29.6 Å². The fourth-order valence-electron chi connectivity index (χ4n) is 2.61. The van der Waals surface area contributed by atoms with Crippen LogP contribution in [-0.4, -0.2) is 11.5 Å². The summed E-state index contributed by atoms with van der Waals surface area (Å²) in [6.07, 6.45) is 11.3. The molecule has 0 amide bonds. The number of nitrogens with one attached hydrogen (secondary N) is 1. The number of aromatic nitrogens is 1. The van der Waals surface area contributed by atoms with Gasteiger partial charge in [0.15, 0.2) is 0 Å². The summed E-state index contributed by atoms with van der Waals surface area (Å²) in [6.45, 7) is 7.59. The van der Waals surface area contributed by atoms with Gasteiger partial charge in [0.05, 0.1) is 0 Å². The van der Waals surface area contributed by atoms with Gasteiger partial charge in [-0.05, 0) is 31.5 Å². The molecule has 0 aromatic carbocycles. The summed E-state index contributed by atoms with van der Waals surface area (Å²) in [5, 5.41) is 3.60. The molecule has 2 heteroatoms. The molecule has 0 saturated carbocycles. The topological polar surface area (TPSA) is 24.9 Å². The molecule has 108 valence electrons. The van der Waals surface area contributed by atoms with Gasteiger partial charge >= 0.3 is 0 Å². The van der Waals surface area contributed by atoms with E-state index in [1.54, 1.807) is 0 Å². The van der Waals surface area contributed by atoms with Gasteiger partial charge in [0.1, 0.15) is 0 Å². The summed E-state index contributed by atoms with van der Waals surface area (Å²) in [5.74, 6) is 0. The molecule has 2 nitrogen and oxygen atoms in total. The van der Waals surface area contributed by atoms with Crippen molar-refractivity contribution in [3.8, 4) is 0 Å². The number of pyridine rings is 1. The highest BCUT2D eigenvalue weighted by Crippen LogP contribution is 2.22. The standard InChI is InChI=1S/C17H30N2/c1-4-6-7-8-9-10-13-17(18-5-2)16-12-11-14-19-15(16)3/h11-12,14,17-18H,4-10,13H2,1-3H3. The van der Waals surface area contributed by atoms with Gasteiger partial charge in [-0.3, -0.25) is 4.98 Å². The van der Waals surface area contributed by atoms with E-state index in [-0.39, 0.29) is 0 Å². The molecule has 0 saturated heterocycles. The van der Waals surface area contributed by atoms with Crippen LogP contribution < -0.4 is 5.32 Å². The first-order valence-electron chi connectivity index (χ1n) is 7.94. The average Bonchev–Trinajstić information content (AvgIpc) is 2.42. The first-order chi connectivity index (χ1) is 9.29. The highest BCUT2D eigenvalue weighted by molar-refractivity contribution is 5.22. The molecule has 1 unspecified atom stereocenters. The predicted octanol–water partition coefficient (Wildman–Crippen LogP) is 4.79. The molecule has 1 aromatic rings. The number of aryl methyl sites for hydroxylation is 1. The van der Waals surface area contributed by atoms with Crippen molar-refractivity contribution in [2.45, 2.75) is 71.8 Å². The molecular weight excluding hydrogens is 232 g/mol. The maximum Gasteiger partial charge on any atom is 0.0420 e. The van der Waals surface area contributed by atoms with Gasteiger partial charge in [-0.25, -0.2) is 0 Å². The van der Waals surface area contributed by atoms with Crippen LogP contribution in [0.15, 0.2) is 18.3 Å². The van der Waals surface area contributed by atoms with Crippen LogP contribution in [-0.2, 0) is 0 Å². The second kappa shape index (κ2) is 9.96. The lowest BCUT2D eigenvalue weighted by Crippen LogP contribution is -2.22. The van der Waals surface area contributed by atoms with Crippen LogP contribution in [0.3, 0.4) is 0 Å². The van der Waals surface area contributed by atoms with Crippen molar-refractivity contribution in [2.75, 3.05) is 6.54 Å². The zero-order valence-electron chi connectivity index (χ0n) is 12.9. The van der Waals surface area contributed by atoms with Gasteiger partial charge in [0.25, 0.3) is 0 Å². The van der Waals surface area contributed by atoms with E-state index in [0.717, 1.165) is 6.54 Å². The average molecular weight is 262 g/mol. The maximum absolute atomic E-state index is 4.41. The largest absolute Gasteiger partial charge is 0.310 e. The monoisotopic (exact) mass is 262 g/mol. The van der Waals surface area contributed by atoms with Gasteiger partial charge in [-0.1, -0.05) is 58.4 Å². The zero-order valence-corrected chi connectivity index (χ0v) is 12.9. The van der Waals surface area contributed by atoms with Crippen molar-refractivity contribution in [3.63, 3.8) is 0 Å². The Labute approximate surface area is 119 Å². The normalized spacial score (nSPS) is 12.6. The quantitative estimate of drug-likeness (QED) is 0.613. The minimum Gasteiger partial charge on any atom is -0.310 e. The Hall–Kier alpha value is -0.890. The van der Waals surface area contributed by atoms with Crippen molar-refractivity contribution < 1.29 is 0 Å². The fraction of sp³-hybridized carbons (Fsp3) is 0.706. The Bertz CT molecular complexity index is 336. The minimum atomic E-state index is 0.477. The fourth-order valence-corrected chi connectivity index (χ4v) is 2.61. The molecule has 0 bridgehead atoms. The van der Waals surface area contributed by atoms with E-state index in [1.807, 2.05) is 12.3 Å². The van der Waals surface area contributed by atoms with Crippen molar-refractivity contribution >= 4 is 0 Å². The second-order valence-electron chi connectivity index (χ2n) is 5.34. The van der Waals surface area contributed by atoms with Crippen molar-refractivity contribution in [2.24, 2.45) is 0 Å². The molecule has 0 radical (unpaired) electrons. The van der Waals surface area contributed by atoms with E-state index in [0.29, 0.717) is 6.04 Å². The summed E-state index contributed by atoms with van der Waals surface area (Å²) >= 11 is 0. The van der Waals surface area contributed by atoms with Crippen LogP contribution in [0.4, 0.5) is 0 Å². The number of hydrogen-bond donors (Lipinski definition) is 1. The van der Waals surface area contributed by atoms with E-state index >= 15 is 0 Å². The zero-order chi connectivity index (χ0) is 13.9. The summed E-state index contributed by atoms with van der Waals surface area (Å²) in [6, 6.07) is 4.74. The highest BCUT2D eigenvalue weighted by atomic mass is 14.9. The van der Waals surface area contributed by atoms with E-state index in [9.17, 15) is 0 Å². The van der Waals surface area contributed by atoms with E-state index in [2.05, 4.69) is 37.1 Å². The van der Waals surface area contributed by atoms with Crippen LogP contribution in [0.1, 0.15) is 76.1 Å². The molecule has 19 heavy (non-hydrogen) atoms. The van der Waals surface area contributed by atoms with Crippen LogP contribution in [0, 0.1) is 6.92 Å². The summed E-state index contributed by atoms with van der Waals surface area (Å²) in [4.78, 5) is 4.41. The lowest BCUT2D eigenvalue weighted by Gasteiger charge is -2.19. The molecule has 1 N–H and O–H groups in total. The van der Waals surface area contributed by atoms with Crippen LogP contribution in [0.2, 0.25) is 0 Å². The SMILES string of the molecule is CCCCCCCCC(NCC)c1cccnc1C.